The van der Waals surface area contributed by atoms with Crippen molar-refractivity contribution in [2.24, 2.45) is 0 Å². The first-order valence-electron chi connectivity index (χ1n) is 4.21. The first-order chi connectivity index (χ1) is 5.79. The van der Waals surface area contributed by atoms with Crippen molar-refractivity contribution < 1.29 is 4.42 Å². The molecule has 1 N–H and O–H groups in total. The van der Waals surface area contributed by atoms with E-state index in [1.165, 1.54) is 0 Å². The highest BCUT2D eigenvalue weighted by Crippen LogP contribution is 2.01. The molecule has 0 radical (unpaired) electrons. The topological polar surface area (TPSA) is 25.2 Å². The molecule has 1 aromatic rings. The monoisotopic (exact) mass is 165 g/mol. The largest absolute Gasteiger partial charge is 0.472 e. The van der Waals surface area contributed by atoms with E-state index in [2.05, 4.69) is 25.2 Å². The van der Waals surface area contributed by atoms with Gasteiger partial charge in [-0.15, -0.1) is 0 Å². The molecule has 1 aromatic heterocycles. The van der Waals surface area contributed by atoms with Crippen LogP contribution in [-0.4, -0.2) is 12.6 Å². The Labute approximate surface area is 73.3 Å². The van der Waals surface area contributed by atoms with E-state index in [0.29, 0.717) is 6.04 Å². The highest BCUT2D eigenvalue weighted by atomic mass is 16.3. The second-order valence-electron chi connectivity index (χ2n) is 3.02. The molecule has 0 aliphatic carbocycles. The molecule has 0 amide bonds. The van der Waals surface area contributed by atoms with Gasteiger partial charge in [0.15, 0.2) is 0 Å². The van der Waals surface area contributed by atoms with Crippen molar-refractivity contribution in [1.82, 2.24) is 5.32 Å². The highest BCUT2D eigenvalue weighted by molar-refractivity contribution is 5.46. The Bertz CT molecular complexity index is 224. The standard InChI is InChI=1S/C10H15NO/c1-9(2)11-6-3-4-10-5-7-12-8-10/h3-5,7-9,11H,6H2,1-2H3. The minimum absolute atomic E-state index is 0.541. The van der Waals surface area contributed by atoms with E-state index in [-0.39, 0.29) is 0 Å². The summed E-state index contributed by atoms with van der Waals surface area (Å²) < 4.78 is 4.92. The first-order valence-corrected chi connectivity index (χ1v) is 4.21. The molecule has 12 heavy (non-hydrogen) atoms. The first kappa shape index (κ1) is 9.07. The second kappa shape index (κ2) is 4.78. The number of nitrogens with one attached hydrogen (secondary N) is 1. The zero-order valence-electron chi connectivity index (χ0n) is 7.58. The zero-order chi connectivity index (χ0) is 8.81. The molecular formula is C10H15NO. The average molecular weight is 165 g/mol. The van der Waals surface area contributed by atoms with Gasteiger partial charge >= 0.3 is 0 Å². The molecule has 1 heterocycles. The third kappa shape index (κ3) is 3.39. The lowest BCUT2D eigenvalue weighted by Crippen LogP contribution is -2.22. The van der Waals surface area contributed by atoms with Gasteiger partial charge in [0.1, 0.15) is 0 Å². The lowest BCUT2D eigenvalue weighted by atomic mass is 10.3. The van der Waals surface area contributed by atoms with Crippen LogP contribution in [0.3, 0.4) is 0 Å². The quantitative estimate of drug-likeness (QED) is 0.740. The van der Waals surface area contributed by atoms with Gasteiger partial charge in [-0.1, -0.05) is 26.0 Å². The molecule has 66 valence electrons. The Balaban J connectivity index is 2.23. The van der Waals surface area contributed by atoms with Gasteiger partial charge in [-0.25, -0.2) is 0 Å². The summed E-state index contributed by atoms with van der Waals surface area (Å²) in [6, 6.07) is 2.48. The molecule has 0 fully saturated rings. The van der Waals surface area contributed by atoms with Gasteiger partial charge in [-0.05, 0) is 6.07 Å². The van der Waals surface area contributed by atoms with Gasteiger partial charge in [0.2, 0.25) is 0 Å². The smallest absolute Gasteiger partial charge is 0.0974 e. The van der Waals surface area contributed by atoms with Gasteiger partial charge in [0.25, 0.3) is 0 Å². The number of hydrogen-bond acceptors (Lipinski definition) is 2. The lowest BCUT2D eigenvalue weighted by molar-refractivity contribution is 0.567. The van der Waals surface area contributed by atoms with Crippen LogP contribution in [0.15, 0.2) is 29.1 Å². The summed E-state index contributed by atoms with van der Waals surface area (Å²) in [6.45, 7) is 5.17. The summed E-state index contributed by atoms with van der Waals surface area (Å²) in [6.07, 6.45) is 7.53. The lowest BCUT2D eigenvalue weighted by Gasteiger charge is -2.02. The summed E-state index contributed by atoms with van der Waals surface area (Å²) in [4.78, 5) is 0. The van der Waals surface area contributed by atoms with Crippen molar-refractivity contribution in [2.75, 3.05) is 6.54 Å². The molecule has 0 bridgehead atoms. The van der Waals surface area contributed by atoms with Crippen molar-refractivity contribution in [3.8, 4) is 0 Å². The van der Waals surface area contributed by atoms with Crippen molar-refractivity contribution in [3.63, 3.8) is 0 Å². The number of hydrogen-bond donors (Lipinski definition) is 1. The molecule has 0 atom stereocenters. The fourth-order valence-electron chi connectivity index (χ4n) is 0.869. The summed E-state index contributed by atoms with van der Waals surface area (Å²) >= 11 is 0. The fraction of sp³-hybridized carbons (Fsp3) is 0.400. The Morgan fingerprint density at radius 3 is 3.00 bits per heavy atom. The van der Waals surface area contributed by atoms with Crippen LogP contribution < -0.4 is 5.32 Å². The van der Waals surface area contributed by atoms with Crippen LogP contribution in [0.4, 0.5) is 0 Å². The second-order valence-corrected chi connectivity index (χ2v) is 3.02. The molecular weight excluding hydrogens is 150 g/mol. The van der Waals surface area contributed by atoms with E-state index in [1.807, 2.05) is 12.1 Å². The normalized spacial score (nSPS) is 11.6. The van der Waals surface area contributed by atoms with Gasteiger partial charge < -0.3 is 9.73 Å². The Morgan fingerprint density at radius 2 is 2.42 bits per heavy atom. The van der Waals surface area contributed by atoms with E-state index in [1.54, 1.807) is 12.5 Å². The van der Waals surface area contributed by atoms with E-state index in [4.69, 9.17) is 4.42 Å². The zero-order valence-corrected chi connectivity index (χ0v) is 7.58. The molecule has 1 rings (SSSR count). The Hall–Kier alpha value is -1.02. The van der Waals surface area contributed by atoms with Crippen LogP contribution in [0, 0.1) is 0 Å². The van der Waals surface area contributed by atoms with Crippen molar-refractivity contribution in [1.29, 1.82) is 0 Å². The van der Waals surface area contributed by atoms with Crippen molar-refractivity contribution in [2.45, 2.75) is 19.9 Å². The van der Waals surface area contributed by atoms with Gasteiger partial charge in [0.05, 0.1) is 12.5 Å². The summed E-state index contributed by atoms with van der Waals surface area (Å²) in [5, 5.41) is 3.29. The van der Waals surface area contributed by atoms with Gasteiger partial charge in [-0.3, -0.25) is 0 Å². The summed E-state index contributed by atoms with van der Waals surface area (Å²) in [5.74, 6) is 0. The van der Waals surface area contributed by atoms with Crippen LogP contribution in [0.25, 0.3) is 6.08 Å². The van der Waals surface area contributed by atoms with Gasteiger partial charge in [-0.2, -0.15) is 0 Å². The Morgan fingerprint density at radius 1 is 1.58 bits per heavy atom. The fourth-order valence-corrected chi connectivity index (χ4v) is 0.869. The average Bonchev–Trinajstić information content (AvgIpc) is 2.49. The molecule has 0 unspecified atom stereocenters. The highest BCUT2D eigenvalue weighted by Gasteiger charge is 1.88. The number of furan rings is 1. The molecule has 0 saturated carbocycles. The van der Waals surface area contributed by atoms with E-state index >= 15 is 0 Å². The number of rotatable bonds is 4. The third-order valence-corrected chi connectivity index (χ3v) is 1.50. The van der Waals surface area contributed by atoms with Crippen LogP contribution >= 0.6 is 0 Å². The van der Waals surface area contributed by atoms with Crippen LogP contribution in [0.5, 0.6) is 0 Å². The molecule has 2 nitrogen and oxygen atoms in total. The minimum atomic E-state index is 0.541. The van der Waals surface area contributed by atoms with Crippen LogP contribution in [-0.2, 0) is 0 Å². The maximum absolute atomic E-state index is 4.92. The predicted octanol–water partition coefficient (Wildman–Crippen LogP) is 2.29. The summed E-state index contributed by atoms with van der Waals surface area (Å²) in [7, 11) is 0. The molecule has 0 aliphatic heterocycles. The third-order valence-electron chi connectivity index (χ3n) is 1.50. The van der Waals surface area contributed by atoms with Crippen LogP contribution in [0.1, 0.15) is 19.4 Å². The van der Waals surface area contributed by atoms with E-state index in [0.717, 1.165) is 12.1 Å². The van der Waals surface area contributed by atoms with E-state index < -0.39 is 0 Å². The summed E-state index contributed by atoms with van der Waals surface area (Å²) in [5.41, 5.74) is 1.11. The molecule has 0 saturated heterocycles. The van der Waals surface area contributed by atoms with Gasteiger partial charge in [0, 0.05) is 18.2 Å². The minimum Gasteiger partial charge on any atom is -0.472 e. The maximum Gasteiger partial charge on any atom is 0.0974 e. The molecule has 0 aliphatic rings. The maximum atomic E-state index is 4.92. The van der Waals surface area contributed by atoms with Crippen LogP contribution in [0.2, 0.25) is 0 Å². The van der Waals surface area contributed by atoms with Crippen molar-refractivity contribution >= 4 is 6.08 Å². The molecule has 2 heteroatoms. The molecule has 0 spiro atoms. The van der Waals surface area contributed by atoms with Crippen molar-refractivity contribution in [3.05, 3.63) is 30.2 Å². The van der Waals surface area contributed by atoms with E-state index in [9.17, 15) is 0 Å². The Kier molecular flexibility index (Phi) is 3.61. The SMILES string of the molecule is CC(C)NCC=Cc1ccoc1. The molecule has 0 aromatic carbocycles. The predicted molar refractivity (Wildman–Crippen MR) is 50.9 cm³/mol.